The number of aromatic nitrogens is 1. The highest BCUT2D eigenvalue weighted by molar-refractivity contribution is 5.98. The van der Waals surface area contributed by atoms with Gasteiger partial charge >= 0.3 is 0 Å². The molecule has 20 heavy (non-hydrogen) atoms. The van der Waals surface area contributed by atoms with Crippen molar-refractivity contribution in [3.05, 3.63) is 23.9 Å². The molecule has 2 heterocycles. The Hall–Kier alpha value is -1.66. The summed E-state index contributed by atoms with van der Waals surface area (Å²) >= 11 is 0. The maximum Gasteiger partial charge on any atom is 0.255 e. The van der Waals surface area contributed by atoms with Gasteiger partial charge in [-0.1, -0.05) is 0 Å². The molecule has 0 bridgehead atoms. The van der Waals surface area contributed by atoms with Gasteiger partial charge in [-0.3, -0.25) is 4.79 Å². The van der Waals surface area contributed by atoms with E-state index >= 15 is 0 Å². The van der Waals surface area contributed by atoms with Crippen LogP contribution < -0.4 is 10.6 Å². The molecule has 0 saturated carbocycles. The zero-order valence-electron chi connectivity index (χ0n) is 12.2. The van der Waals surface area contributed by atoms with Gasteiger partial charge in [-0.15, -0.1) is 0 Å². The van der Waals surface area contributed by atoms with Crippen LogP contribution in [0.15, 0.2) is 18.3 Å². The van der Waals surface area contributed by atoms with Crippen LogP contribution in [0.3, 0.4) is 0 Å². The van der Waals surface area contributed by atoms with Crippen molar-refractivity contribution in [2.45, 2.75) is 19.1 Å². The molecule has 110 valence electrons. The smallest absolute Gasteiger partial charge is 0.255 e. The highest BCUT2D eigenvalue weighted by Gasteiger charge is 2.32. The standard InChI is InChI=1S/C14H22N4O2/c1-4-20-12-9-18(3)8-11(12)17-14(19)10-6-5-7-16-13(10)15-2/h5-7,11-12H,4,8-9H2,1-3H3,(H,15,16)(H,17,19)/t11-,12-/m0/s1. The van der Waals surface area contributed by atoms with Crippen LogP contribution in [-0.2, 0) is 4.74 Å². The van der Waals surface area contributed by atoms with Gasteiger partial charge < -0.3 is 20.3 Å². The average Bonchev–Trinajstić information content (AvgIpc) is 2.79. The zero-order chi connectivity index (χ0) is 14.5. The Morgan fingerprint density at radius 3 is 3.05 bits per heavy atom. The average molecular weight is 278 g/mol. The Morgan fingerprint density at radius 2 is 2.35 bits per heavy atom. The lowest BCUT2D eigenvalue weighted by molar-refractivity contribution is 0.0513. The summed E-state index contributed by atoms with van der Waals surface area (Å²) in [5, 5.41) is 5.98. The summed E-state index contributed by atoms with van der Waals surface area (Å²) in [7, 11) is 3.78. The molecule has 0 unspecified atom stereocenters. The number of amides is 1. The quantitative estimate of drug-likeness (QED) is 0.824. The fraction of sp³-hybridized carbons (Fsp3) is 0.571. The topological polar surface area (TPSA) is 66.5 Å². The maximum atomic E-state index is 12.4. The Labute approximate surface area is 119 Å². The SMILES string of the molecule is CCO[C@H]1CN(C)C[C@@H]1NC(=O)c1cccnc1NC. The maximum absolute atomic E-state index is 12.4. The number of likely N-dealkylation sites (N-methyl/N-ethyl adjacent to an activating group) is 1. The van der Waals surface area contributed by atoms with Crippen molar-refractivity contribution in [1.82, 2.24) is 15.2 Å². The van der Waals surface area contributed by atoms with Crippen molar-refractivity contribution in [3.8, 4) is 0 Å². The third kappa shape index (κ3) is 3.26. The minimum atomic E-state index is -0.118. The van der Waals surface area contributed by atoms with E-state index in [1.807, 2.05) is 14.0 Å². The fourth-order valence-corrected chi connectivity index (χ4v) is 2.52. The summed E-state index contributed by atoms with van der Waals surface area (Å²) in [5.74, 6) is 0.469. The van der Waals surface area contributed by atoms with Crippen molar-refractivity contribution < 1.29 is 9.53 Å². The number of nitrogens with one attached hydrogen (secondary N) is 2. The number of nitrogens with zero attached hydrogens (tertiary/aromatic N) is 2. The Bertz CT molecular complexity index is 466. The molecule has 1 aromatic rings. The van der Waals surface area contributed by atoms with E-state index in [-0.39, 0.29) is 18.1 Å². The molecule has 1 amide bonds. The molecule has 2 rings (SSSR count). The highest BCUT2D eigenvalue weighted by Crippen LogP contribution is 2.15. The first kappa shape index (κ1) is 14.7. The summed E-state index contributed by atoms with van der Waals surface area (Å²) in [6.45, 7) is 4.26. The Morgan fingerprint density at radius 1 is 1.55 bits per heavy atom. The number of hydrogen-bond donors (Lipinski definition) is 2. The third-order valence-electron chi connectivity index (χ3n) is 3.44. The van der Waals surface area contributed by atoms with Gasteiger partial charge in [-0.25, -0.2) is 4.98 Å². The second kappa shape index (κ2) is 6.67. The van der Waals surface area contributed by atoms with E-state index in [4.69, 9.17) is 4.74 Å². The van der Waals surface area contributed by atoms with Gasteiger partial charge in [0.05, 0.1) is 17.7 Å². The molecule has 1 aliphatic heterocycles. The van der Waals surface area contributed by atoms with Gasteiger partial charge in [0.1, 0.15) is 5.82 Å². The van der Waals surface area contributed by atoms with Crippen molar-refractivity contribution in [2.75, 3.05) is 39.1 Å². The molecular weight excluding hydrogens is 256 g/mol. The van der Waals surface area contributed by atoms with E-state index in [0.29, 0.717) is 18.0 Å². The minimum Gasteiger partial charge on any atom is -0.375 e. The molecule has 0 aromatic carbocycles. The van der Waals surface area contributed by atoms with E-state index in [9.17, 15) is 4.79 Å². The molecule has 0 radical (unpaired) electrons. The van der Waals surface area contributed by atoms with E-state index in [1.54, 1.807) is 25.4 Å². The second-order valence-electron chi connectivity index (χ2n) is 4.94. The van der Waals surface area contributed by atoms with E-state index in [0.717, 1.165) is 13.1 Å². The second-order valence-corrected chi connectivity index (χ2v) is 4.94. The molecule has 1 aromatic heterocycles. The Kier molecular flexibility index (Phi) is 4.92. The Balaban J connectivity index is 2.07. The molecule has 1 aliphatic rings. The molecular formula is C14H22N4O2. The molecule has 1 saturated heterocycles. The van der Waals surface area contributed by atoms with Gasteiger partial charge in [0, 0.05) is 32.9 Å². The number of carbonyl (C=O) groups excluding carboxylic acids is 1. The lowest BCUT2D eigenvalue weighted by atomic mass is 10.1. The van der Waals surface area contributed by atoms with E-state index < -0.39 is 0 Å². The summed E-state index contributed by atoms with van der Waals surface area (Å²) in [6, 6.07) is 3.54. The van der Waals surface area contributed by atoms with Crippen molar-refractivity contribution in [1.29, 1.82) is 0 Å². The monoisotopic (exact) mass is 278 g/mol. The van der Waals surface area contributed by atoms with Crippen molar-refractivity contribution >= 4 is 11.7 Å². The first-order valence-electron chi connectivity index (χ1n) is 6.89. The number of pyridine rings is 1. The van der Waals surface area contributed by atoms with Crippen LogP contribution in [0, 0.1) is 0 Å². The summed E-state index contributed by atoms with van der Waals surface area (Å²) in [4.78, 5) is 18.7. The minimum absolute atomic E-state index is 0.0114. The molecule has 2 N–H and O–H groups in total. The normalized spacial score (nSPS) is 22.8. The summed E-state index contributed by atoms with van der Waals surface area (Å²) < 4.78 is 5.69. The van der Waals surface area contributed by atoms with Crippen LogP contribution in [0.25, 0.3) is 0 Å². The predicted molar refractivity (Wildman–Crippen MR) is 77.9 cm³/mol. The number of rotatable bonds is 5. The van der Waals surface area contributed by atoms with Gasteiger partial charge in [-0.05, 0) is 26.1 Å². The van der Waals surface area contributed by atoms with Crippen LogP contribution in [0.5, 0.6) is 0 Å². The fourth-order valence-electron chi connectivity index (χ4n) is 2.52. The number of ether oxygens (including phenoxy) is 1. The predicted octanol–water partition coefficient (Wildman–Crippen LogP) is 0.572. The van der Waals surface area contributed by atoms with Crippen LogP contribution in [-0.4, -0.2) is 61.7 Å². The third-order valence-corrected chi connectivity index (χ3v) is 3.44. The van der Waals surface area contributed by atoms with Crippen molar-refractivity contribution in [2.24, 2.45) is 0 Å². The van der Waals surface area contributed by atoms with E-state index in [2.05, 4.69) is 20.5 Å². The molecule has 0 spiro atoms. The van der Waals surface area contributed by atoms with Gasteiger partial charge in [0.2, 0.25) is 0 Å². The zero-order valence-corrected chi connectivity index (χ0v) is 12.2. The van der Waals surface area contributed by atoms with Gasteiger partial charge in [-0.2, -0.15) is 0 Å². The molecule has 6 heteroatoms. The van der Waals surface area contributed by atoms with E-state index in [1.165, 1.54) is 0 Å². The van der Waals surface area contributed by atoms with Crippen molar-refractivity contribution in [3.63, 3.8) is 0 Å². The summed E-state index contributed by atoms with van der Waals surface area (Å²) in [6.07, 6.45) is 1.71. The lowest BCUT2D eigenvalue weighted by Gasteiger charge is -2.20. The molecule has 6 nitrogen and oxygen atoms in total. The van der Waals surface area contributed by atoms with Crippen LogP contribution in [0.4, 0.5) is 5.82 Å². The number of anilines is 1. The van der Waals surface area contributed by atoms with Gasteiger partial charge in [0.25, 0.3) is 5.91 Å². The molecule has 0 aliphatic carbocycles. The van der Waals surface area contributed by atoms with Crippen LogP contribution in [0.2, 0.25) is 0 Å². The number of likely N-dealkylation sites (tertiary alicyclic amines) is 1. The molecule has 1 fully saturated rings. The van der Waals surface area contributed by atoms with Crippen LogP contribution in [0.1, 0.15) is 17.3 Å². The van der Waals surface area contributed by atoms with Crippen LogP contribution >= 0.6 is 0 Å². The summed E-state index contributed by atoms with van der Waals surface area (Å²) in [5.41, 5.74) is 0.555. The highest BCUT2D eigenvalue weighted by atomic mass is 16.5. The largest absolute Gasteiger partial charge is 0.375 e. The lowest BCUT2D eigenvalue weighted by Crippen LogP contribution is -2.44. The first-order valence-corrected chi connectivity index (χ1v) is 6.89. The molecule has 2 atom stereocenters. The number of carbonyl (C=O) groups is 1. The van der Waals surface area contributed by atoms with Gasteiger partial charge in [0.15, 0.2) is 0 Å². The first-order chi connectivity index (χ1) is 9.65. The number of hydrogen-bond acceptors (Lipinski definition) is 5.